The number of carbonyl (C=O) groups is 3. The molecule has 1 atom stereocenters. The van der Waals surface area contributed by atoms with Crippen molar-refractivity contribution in [1.82, 2.24) is 0 Å². The van der Waals surface area contributed by atoms with E-state index in [-0.39, 0.29) is 24.1 Å². The molecular formula is C13H16N2O5. The molecule has 7 nitrogen and oxygen atoms in total. The third kappa shape index (κ3) is 4.36. The lowest BCUT2D eigenvalue weighted by molar-refractivity contribution is -0.142. The quantitative estimate of drug-likeness (QED) is 0.657. The van der Waals surface area contributed by atoms with E-state index >= 15 is 0 Å². The molecule has 0 spiro atoms. The Morgan fingerprint density at radius 1 is 1.35 bits per heavy atom. The van der Waals surface area contributed by atoms with Crippen molar-refractivity contribution < 1.29 is 24.2 Å². The number of carboxylic acid groups (broad SMARTS) is 1. The van der Waals surface area contributed by atoms with E-state index in [9.17, 15) is 14.4 Å². The molecule has 0 aliphatic heterocycles. The van der Waals surface area contributed by atoms with Gasteiger partial charge in [-0.1, -0.05) is 12.1 Å². The average Bonchev–Trinajstić information content (AvgIpc) is 2.44. The average molecular weight is 280 g/mol. The number of carbonyl (C=O) groups excluding carboxylic acids is 2. The third-order valence-electron chi connectivity index (χ3n) is 2.62. The Balaban J connectivity index is 2.59. The van der Waals surface area contributed by atoms with Crippen LogP contribution in [-0.2, 0) is 14.3 Å². The number of aromatic carboxylic acids is 1. The number of esters is 1. The summed E-state index contributed by atoms with van der Waals surface area (Å²) in [4.78, 5) is 33.7. The van der Waals surface area contributed by atoms with Crippen molar-refractivity contribution in [3.63, 3.8) is 0 Å². The zero-order valence-corrected chi connectivity index (χ0v) is 11.0. The zero-order valence-electron chi connectivity index (χ0n) is 11.0. The van der Waals surface area contributed by atoms with Gasteiger partial charge >= 0.3 is 11.9 Å². The molecule has 0 aliphatic rings. The lowest BCUT2D eigenvalue weighted by atomic mass is 10.1. The fraction of sp³-hybridized carbons (Fsp3) is 0.308. The predicted octanol–water partition coefficient (Wildman–Crippen LogP) is 0.604. The Labute approximate surface area is 115 Å². The number of hydrogen-bond acceptors (Lipinski definition) is 5. The number of anilines is 1. The van der Waals surface area contributed by atoms with Gasteiger partial charge in [0.15, 0.2) is 0 Å². The summed E-state index contributed by atoms with van der Waals surface area (Å²) < 4.78 is 4.44. The minimum Gasteiger partial charge on any atom is -0.478 e. The van der Waals surface area contributed by atoms with Crippen molar-refractivity contribution in [3.05, 3.63) is 29.8 Å². The molecule has 7 heteroatoms. The molecular weight excluding hydrogens is 264 g/mol. The molecule has 0 saturated heterocycles. The van der Waals surface area contributed by atoms with Crippen LogP contribution in [0.25, 0.3) is 0 Å². The highest BCUT2D eigenvalue weighted by Crippen LogP contribution is 2.15. The Morgan fingerprint density at radius 2 is 2.00 bits per heavy atom. The smallest absolute Gasteiger partial charge is 0.337 e. The topological polar surface area (TPSA) is 119 Å². The summed E-state index contributed by atoms with van der Waals surface area (Å²) in [6, 6.07) is 5.18. The third-order valence-corrected chi connectivity index (χ3v) is 2.62. The number of para-hydroxylation sites is 1. The van der Waals surface area contributed by atoms with Gasteiger partial charge in [0.1, 0.15) is 6.04 Å². The van der Waals surface area contributed by atoms with E-state index in [1.54, 1.807) is 12.1 Å². The Morgan fingerprint density at radius 3 is 2.60 bits per heavy atom. The highest BCUT2D eigenvalue weighted by Gasteiger charge is 2.16. The first-order valence-electron chi connectivity index (χ1n) is 5.91. The van der Waals surface area contributed by atoms with Crippen LogP contribution in [0, 0.1) is 0 Å². The molecule has 108 valence electrons. The number of amides is 1. The molecule has 1 amide bonds. The molecule has 0 unspecified atom stereocenters. The van der Waals surface area contributed by atoms with Crippen molar-refractivity contribution >= 4 is 23.5 Å². The van der Waals surface area contributed by atoms with Crippen molar-refractivity contribution in [3.8, 4) is 0 Å². The zero-order chi connectivity index (χ0) is 15.1. The van der Waals surface area contributed by atoms with Gasteiger partial charge in [-0.25, -0.2) is 4.79 Å². The van der Waals surface area contributed by atoms with Crippen LogP contribution in [0.2, 0.25) is 0 Å². The number of benzene rings is 1. The van der Waals surface area contributed by atoms with E-state index in [0.29, 0.717) is 0 Å². The number of hydrogen-bond donors (Lipinski definition) is 3. The van der Waals surface area contributed by atoms with Crippen LogP contribution in [-0.4, -0.2) is 36.1 Å². The number of ether oxygens (including phenoxy) is 1. The highest BCUT2D eigenvalue weighted by atomic mass is 16.5. The molecule has 1 aromatic rings. The van der Waals surface area contributed by atoms with E-state index in [2.05, 4.69) is 10.1 Å². The molecule has 0 fully saturated rings. The fourth-order valence-corrected chi connectivity index (χ4v) is 1.55. The minimum atomic E-state index is -1.13. The van der Waals surface area contributed by atoms with Gasteiger partial charge in [-0.15, -0.1) is 0 Å². The number of carboxylic acids is 1. The maximum Gasteiger partial charge on any atom is 0.337 e. The van der Waals surface area contributed by atoms with E-state index in [0.717, 1.165) is 0 Å². The second-order valence-corrected chi connectivity index (χ2v) is 4.07. The van der Waals surface area contributed by atoms with Gasteiger partial charge in [-0.2, -0.15) is 0 Å². The lowest BCUT2D eigenvalue weighted by Crippen LogP contribution is -2.32. The number of rotatable bonds is 6. The molecule has 0 aromatic heterocycles. The van der Waals surface area contributed by atoms with Gasteiger partial charge < -0.3 is 20.9 Å². The molecule has 1 rings (SSSR count). The van der Waals surface area contributed by atoms with Crippen molar-refractivity contribution in [1.29, 1.82) is 0 Å². The molecule has 20 heavy (non-hydrogen) atoms. The monoisotopic (exact) mass is 280 g/mol. The van der Waals surface area contributed by atoms with E-state index in [1.807, 2.05) is 0 Å². The van der Waals surface area contributed by atoms with Gasteiger partial charge in [-0.05, 0) is 18.6 Å². The molecule has 0 heterocycles. The van der Waals surface area contributed by atoms with Crippen molar-refractivity contribution in [2.45, 2.75) is 18.9 Å². The van der Waals surface area contributed by atoms with Crippen LogP contribution < -0.4 is 11.1 Å². The number of nitrogens with one attached hydrogen (secondary N) is 1. The highest BCUT2D eigenvalue weighted by molar-refractivity contribution is 6.00. The van der Waals surface area contributed by atoms with Crippen LogP contribution >= 0.6 is 0 Å². The van der Waals surface area contributed by atoms with Crippen LogP contribution in [0.5, 0.6) is 0 Å². The normalized spacial score (nSPS) is 11.5. The maximum absolute atomic E-state index is 11.7. The van der Waals surface area contributed by atoms with Crippen LogP contribution in [0.4, 0.5) is 5.69 Å². The largest absolute Gasteiger partial charge is 0.478 e. The van der Waals surface area contributed by atoms with Gasteiger partial charge in [0.25, 0.3) is 0 Å². The van der Waals surface area contributed by atoms with Gasteiger partial charge in [0.05, 0.1) is 18.4 Å². The van der Waals surface area contributed by atoms with Gasteiger partial charge in [0.2, 0.25) is 5.91 Å². The Kier molecular flexibility index (Phi) is 5.67. The van der Waals surface area contributed by atoms with Crippen molar-refractivity contribution in [2.75, 3.05) is 12.4 Å². The van der Waals surface area contributed by atoms with Crippen LogP contribution in [0.3, 0.4) is 0 Å². The van der Waals surface area contributed by atoms with Crippen LogP contribution in [0.15, 0.2) is 24.3 Å². The molecule has 0 radical (unpaired) electrons. The predicted molar refractivity (Wildman–Crippen MR) is 71.3 cm³/mol. The number of nitrogens with two attached hydrogens (primary N) is 1. The summed E-state index contributed by atoms with van der Waals surface area (Å²) in [5.41, 5.74) is 5.70. The summed E-state index contributed by atoms with van der Waals surface area (Å²) in [5, 5.41) is 11.4. The molecule has 1 aromatic carbocycles. The summed E-state index contributed by atoms with van der Waals surface area (Å²) in [6.45, 7) is 0. The van der Waals surface area contributed by atoms with Crippen molar-refractivity contribution in [2.24, 2.45) is 5.73 Å². The second kappa shape index (κ2) is 7.25. The lowest BCUT2D eigenvalue weighted by Gasteiger charge is -2.10. The summed E-state index contributed by atoms with van der Waals surface area (Å²) in [5.74, 6) is -2.14. The fourth-order valence-electron chi connectivity index (χ4n) is 1.55. The molecule has 4 N–H and O–H groups in total. The van der Waals surface area contributed by atoms with E-state index in [1.165, 1.54) is 19.2 Å². The number of methoxy groups -OCH3 is 1. The molecule has 0 bridgehead atoms. The maximum atomic E-state index is 11.7. The Bertz CT molecular complexity index is 515. The standard InChI is InChI=1S/C13H16N2O5/c1-20-13(19)9(14)6-7-11(16)15-10-5-3-2-4-8(10)12(17)18/h2-5,9H,6-7,14H2,1H3,(H,15,16)(H,17,18)/t9-/m0/s1. The van der Waals surface area contributed by atoms with Crippen LogP contribution in [0.1, 0.15) is 23.2 Å². The summed E-state index contributed by atoms with van der Waals surface area (Å²) in [7, 11) is 1.21. The first-order valence-corrected chi connectivity index (χ1v) is 5.91. The van der Waals surface area contributed by atoms with E-state index < -0.39 is 23.9 Å². The van der Waals surface area contributed by atoms with Gasteiger partial charge in [0, 0.05) is 6.42 Å². The SMILES string of the molecule is COC(=O)[C@@H](N)CCC(=O)Nc1ccccc1C(=O)O. The molecule has 0 saturated carbocycles. The second-order valence-electron chi connectivity index (χ2n) is 4.07. The first-order chi connectivity index (χ1) is 9.45. The summed E-state index contributed by atoms with van der Waals surface area (Å²) >= 11 is 0. The first kappa shape index (κ1) is 15.6. The van der Waals surface area contributed by atoms with E-state index in [4.69, 9.17) is 10.8 Å². The van der Waals surface area contributed by atoms with Gasteiger partial charge in [-0.3, -0.25) is 9.59 Å². The summed E-state index contributed by atoms with van der Waals surface area (Å²) in [6.07, 6.45) is 0.109. The Hall–Kier alpha value is -2.41. The minimum absolute atomic E-state index is 0.00174. The molecule has 0 aliphatic carbocycles.